The third-order valence-corrected chi connectivity index (χ3v) is 3.22. The maximum absolute atomic E-state index is 12.8. The van der Waals surface area contributed by atoms with E-state index in [9.17, 15) is 19.0 Å². The van der Waals surface area contributed by atoms with E-state index in [2.05, 4.69) is 0 Å². The Morgan fingerprint density at radius 1 is 0.650 bits per heavy atom. The normalized spacial score (nSPS) is 14.0. The van der Waals surface area contributed by atoms with E-state index in [4.69, 9.17) is 0 Å². The number of hydrogen-bond donors (Lipinski definition) is 2. The zero-order valence-corrected chi connectivity index (χ0v) is 10.8. The molecule has 20 heavy (non-hydrogen) atoms. The van der Waals surface area contributed by atoms with Crippen LogP contribution in [0.2, 0.25) is 0 Å². The van der Waals surface area contributed by atoms with Gasteiger partial charge in [0.2, 0.25) is 0 Å². The molecule has 0 heterocycles. The molecule has 2 nitrogen and oxygen atoms in total. The van der Waals surface area contributed by atoms with Gasteiger partial charge in [0.15, 0.2) is 0 Å². The third-order valence-electron chi connectivity index (χ3n) is 3.22. The van der Waals surface area contributed by atoms with Gasteiger partial charge in [-0.2, -0.15) is 0 Å². The van der Waals surface area contributed by atoms with E-state index in [1.54, 1.807) is 0 Å². The first kappa shape index (κ1) is 14.6. The molecule has 2 rings (SSSR count). The lowest BCUT2D eigenvalue weighted by Crippen LogP contribution is -2.03. The van der Waals surface area contributed by atoms with Crippen molar-refractivity contribution in [3.63, 3.8) is 0 Å². The van der Waals surface area contributed by atoms with E-state index in [-0.39, 0.29) is 11.6 Å². The van der Waals surface area contributed by atoms with Gasteiger partial charge in [-0.1, -0.05) is 24.3 Å². The van der Waals surface area contributed by atoms with Gasteiger partial charge in [0.1, 0.15) is 11.6 Å². The van der Waals surface area contributed by atoms with Crippen LogP contribution in [0, 0.1) is 11.6 Å². The Bertz CT molecular complexity index is 486. The highest BCUT2D eigenvalue weighted by Gasteiger charge is 2.13. The molecule has 0 aliphatic carbocycles. The quantitative estimate of drug-likeness (QED) is 0.878. The Balaban J connectivity index is 1.91. The van der Waals surface area contributed by atoms with Crippen molar-refractivity contribution in [1.82, 2.24) is 0 Å². The molecule has 2 atom stereocenters. The molecule has 0 fully saturated rings. The molecule has 0 aliphatic rings. The van der Waals surface area contributed by atoms with Crippen molar-refractivity contribution < 1.29 is 19.0 Å². The zero-order chi connectivity index (χ0) is 14.5. The maximum Gasteiger partial charge on any atom is 0.123 e. The van der Waals surface area contributed by atoms with Crippen LogP contribution in [0.1, 0.15) is 36.2 Å². The molecule has 0 aromatic heterocycles. The second-order valence-corrected chi connectivity index (χ2v) is 4.71. The highest BCUT2D eigenvalue weighted by Crippen LogP contribution is 2.25. The van der Waals surface area contributed by atoms with E-state index < -0.39 is 12.2 Å². The van der Waals surface area contributed by atoms with Gasteiger partial charge in [-0.3, -0.25) is 0 Å². The number of halogens is 2. The van der Waals surface area contributed by atoms with E-state index in [1.807, 2.05) is 0 Å². The van der Waals surface area contributed by atoms with Crippen LogP contribution in [0.4, 0.5) is 8.78 Å². The van der Waals surface area contributed by atoms with Crippen LogP contribution in [-0.2, 0) is 0 Å². The average Bonchev–Trinajstić information content (AvgIpc) is 2.46. The molecule has 106 valence electrons. The Morgan fingerprint density at radius 2 is 0.950 bits per heavy atom. The Hall–Kier alpha value is -1.78. The molecule has 0 aliphatic heterocycles. The lowest BCUT2D eigenvalue weighted by molar-refractivity contribution is 0.115. The minimum Gasteiger partial charge on any atom is -0.388 e. The summed E-state index contributed by atoms with van der Waals surface area (Å²) in [5.41, 5.74) is 1.22. The largest absolute Gasteiger partial charge is 0.388 e. The molecule has 0 unspecified atom stereocenters. The highest BCUT2D eigenvalue weighted by atomic mass is 19.1. The predicted octanol–water partition coefficient (Wildman–Crippen LogP) is 3.51. The first-order valence-corrected chi connectivity index (χ1v) is 6.43. The summed E-state index contributed by atoms with van der Waals surface area (Å²) in [6.45, 7) is 0. The molecule has 0 bridgehead atoms. The fourth-order valence-electron chi connectivity index (χ4n) is 2.02. The summed E-state index contributed by atoms with van der Waals surface area (Å²) in [6.07, 6.45) is -0.842. The molecule has 0 saturated carbocycles. The van der Waals surface area contributed by atoms with Crippen molar-refractivity contribution >= 4 is 0 Å². The molecular formula is C16H16F2O2. The van der Waals surface area contributed by atoms with Gasteiger partial charge >= 0.3 is 0 Å². The van der Waals surface area contributed by atoms with E-state index in [0.717, 1.165) is 0 Å². The topological polar surface area (TPSA) is 40.5 Å². The highest BCUT2D eigenvalue weighted by molar-refractivity contribution is 5.20. The van der Waals surface area contributed by atoms with Crippen molar-refractivity contribution in [1.29, 1.82) is 0 Å². The van der Waals surface area contributed by atoms with Crippen LogP contribution >= 0.6 is 0 Å². The van der Waals surface area contributed by atoms with Crippen molar-refractivity contribution in [2.45, 2.75) is 25.0 Å². The summed E-state index contributed by atoms with van der Waals surface area (Å²) >= 11 is 0. The molecule has 2 N–H and O–H groups in total. The van der Waals surface area contributed by atoms with E-state index >= 15 is 0 Å². The fraction of sp³-hybridized carbons (Fsp3) is 0.250. The molecule has 0 saturated heterocycles. The van der Waals surface area contributed by atoms with E-state index in [1.165, 1.54) is 48.5 Å². The van der Waals surface area contributed by atoms with Crippen LogP contribution in [0.5, 0.6) is 0 Å². The summed E-state index contributed by atoms with van der Waals surface area (Å²) in [5.74, 6) is -0.709. The summed E-state index contributed by atoms with van der Waals surface area (Å²) < 4.78 is 25.5. The van der Waals surface area contributed by atoms with Gasteiger partial charge < -0.3 is 10.2 Å². The molecule has 0 radical (unpaired) electrons. The third kappa shape index (κ3) is 3.85. The Morgan fingerprint density at radius 3 is 1.25 bits per heavy atom. The minimum atomic E-state index is -0.759. The standard InChI is InChI=1S/C16H16F2O2/c17-13-5-1-11(2-6-13)15(19)9-10-16(20)12-3-7-14(18)8-4-12/h1-8,15-16,19-20H,9-10H2/t15-,16-/m1/s1. The monoisotopic (exact) mass is 278 g/mol. The number of aliphatic hydroxyl groups is 2. The molecular weight excluding hydrogens is 262 g/mol. The van der Waals surface area contributed by atoms with Gasteiger partial charge in [-0.15, -0.1) is 0 Å². The summed E-state index contributed by atoms with van der Waals surface area (Å²) in [7, 11) is 0. The fourth-order valence-corrected chi connectivity index (χ4v) is 2.02. The van der Waals surface area contributed by atoms with Crippen LogP contribution in [0.15, 0.2) is 48.5 Å². The second-order valence-electron chi connectivity index (χ2n) is 4.71. The number of benzene rings is 2. The van der Waals surface area contributed by atoms with Gasteiger partial charge in [0.05, 0.1) is 12.2 Å². The van der Waals surface area contributed by atoms with Crippen molar-refractivity contribution in [3.05, 3.63) is 71.3 Å². The Kier molecular flexibility index (Phi) is 4.82. The minimum absolute atomic E-state index is 0.337. The van der Waals surface area contributed by atoms with Crippen molar-refractivity contribution in [2.75, 3.05) is 0 Å². The van der Waals surface area contributed by atoms with E-state index in [0.29, 0.717) is 24.0 Å². The smallest absolute Gasteiger partial charge is 0.123 e. The number of aliphatic hydroxyl groups excluding tert-OH is 2. The van der Waals surface area contributed by atoms with Crippen LogP contribution in [0.25, 0.3) is 0 Å². The summed E-state index contributed by atoms with van der Waals surface area (Å²) in [5, 5.41) is 19.9. The average molecular weight is 278 g/mol. The molecule has 2 aromatic carbocycles. The summed E-state index contributed by atoms with van der Waals surface area (Å²) in [4.78, 5) is 0. The van der Waals surface area contributed by atoms with Crippen LogP contribution in [-0.4, -0.2) is 10.2 Å². The first-order chi connectivity index (χ1) is 9.56. The lowest BCUT2D eigenvalue weighted by Gasteiger charge is -2.15. The number of rotatable bonds is 5. The molecule has 2 aromatic rings. The molecule has 0 amide bonds. The molecule has 4 heteroatoms. The second kappa shape index (κ2) is 6.59. The van der Waals surface area contributed by atoms with Gasteiger partial charge in [0.25, 0.3) is 0 Å². The van der Waals surface area contributed by atoms with Gasteiger partial charge in [0, 0.05) is 0 Å². The predicted molar refractivity (Wildman–Crippen MR) is 72.0 cm³/mol. The maximum atomic E-state index is 12.8. The summed E-state index contributed by atoms with van der Waals surface area (Å²) in [6, 6.07) is 11.2. The lowest BCUT2D eigenvalue weighted by atomic mass is 9.99. The first-order valence-electron chi connectivity index (χ1n) is 6.43. The molecule has 0 spiro atoms. The van der Waals surface area contributed by atoms with Crippen LogP contribution in [0.3, 0.4) is 0 Å². The van der Waals surface area contributed by atoms with Crippen LogP contribution < -0.4 is 0 Å². The van der Waals surface area contributed by atoms with Gasteiger partial charge in [-0.25, -0.2) is 8.78 Å². The number of hydrogen-bond acceptors (Lipinski definition) is 2. The zero-order valence-electron chi connectivity index (χ0n) is 10.8. The van der Waals surface area contributed by atoms with Crippen molar-refractivity contribution in [3.8, 4) is 0 Å². The van der Waals surface area contributed by atoms with Crippen molar-refractivity contribution in [2.24, 2.45) is 0 Å². The SMILES string of the molecule is O[C@H](CC[C@@H](O)c1ccc(F)cc1)c1ccc(F)cc1. The van der Waals surface area contributed by atoms with Gasteiger partial charge in [-0.05, 0) is 48.2 Å². The Labute approximate surface area is 116 Å².